The summed E-state index contributed by atoms with van der Waals surface area (Å²) in [7, 11) is 12.9. The first-order valence-corrected chi connectivity index (χ1v) is 48.6. The number of aryl methyl sites for hydroxylation is 7. The molecule has 130 heavy (non-hydrogen) atoms. The van der Waals surface area contributed by atoms with E-state index in [1.54, 1.807) is 57.3 Å². The quantitative estimate of drug-likeness (QED) is 0.0490. The second-order valence-electron chi connectivity index (χ2n) is 32.3. The molecule has 9 radical (unpaired) electrons. The Morgan fingerprint density at radius 1 is 0.415 bits per heavy atom. The number of nitrogens with zero attached hydrogens (tertiary/aromatic N) is 11. The molecule has 28 heteroatoms. The first kappa shape index (κ1) is 106. The average molecular weight is 1840 g/mol. The van der Waals surface area contributed by atoms with Gasteiger partial charge in [0.25, 0.3) is 0 Å². The molecule has 10 aromatic heterocycles. The summed E-state index contributed by atoms with van der Waals surface area (Å²) in [6.45, 7) is 23.8. The van der Waals surface area contributed by atoms with E-state index in [1.807, 2.05) is 181 Å². The van der Waals surface area contributed by atoms with E-state index in [0.29, 0.717) is 5.78 Å². The van der Waals surface area contributed by atoms with E-state index >= 15 is 0 Å². The second-order valence-corrected chi connectivity index (χ2v) is 36.9. The van der Waals surface area contributed by atoms with Crippen LogP contribution in [0, 0.1) is 27.7 Å². The fourth-order valence-corrected chi connectivity index (χ4v) is 19.6. The van der Waals surface area contributed by atoms with Gasteiger partial charge in [0.2, 0.25) is 0 Å². The van der Waals surface area contributed by atoms with Crippen LogP contribution in [-0.2, 0) is 74.3 Å². The minimum Gasteiger partial charge on any atom is -0.497 e. The smallest absolute Gasteiger partial charge is 0.141 e. The third-order valence-corrected chi connectivity index (χ3v) is 29.3. The van der Waals surface area contributed by atoms with Gasteiger partial charge < -0.3 is 54.3 Å². The summed E-state index contributed by atoms with van der Waals surface area (Å²) < 4.78 is 27.0. The van der Waals surface area contributed by atoms with Crippen LogP contribution in [0.15, 0.2) is 187 Å². The van der Waals surface area contributed by atoms with Crippen LogP contribution in [0.2, 0.25) is 5.02 Å². The van der Waals surface area contributed by atoms with Gasteiger partial charge in [0.05, 0.1) is 71.9 Å². The Morgan fingerprint density at radius 3 is 1.08 bits per heavy atom. The van der Waals surface area contributed by atoms with Gasteiger partial charge in [-0.1, -0.05) is 102 Å². The molecule has 0 atom stereocenters. The molecule has 14 aromatic rings. The number of ketones is 1. The Hall–Kier alpha value is -9.67. The fourth-order valence-electron chi connectivity index (χ4n) is 15.3. The highest BCUT2D eigenvalue weighted by molar-refractivity contribution is 7.15. The Bertz CT molecular complexity index is 5780. The molecule has 6 saturated carbocycles. The first-order chi connectivity index (χ1) is 61.7. The number of aromatic nitrogens is 10. The van der Waals surface area contributed by atoms with Gasteiger partial charge in [-0.15, -0.1) is 45.3 Å². The number of hydrogen-bond acceptors (Lipinski definition) is 21. The zero-order valence-electron chi connectivity index (χ0n) is 79.2. The maximum atomic E-state index is 9.90. The molecule has 10 heterocycles. The molecule has 6 fully saturated rings. The van der Waals surface area contributed by atoms with Crippen molar-refractivity contribution in [1.29, 1.82) is 0 Å². The SMILES string of the molecule is CC.CC.CC.COc1ccc(CN=C2CCC2)cc1.COc1ccc(CNC2(c3ncc(-c4ccnc5c4cc(C)n5C)s3)CCC2)cc1.COc1ccc(CNC2(c3ncc(C)s3)CCC2)cc1.COc1ccc(CNC2(c3nccs3)CCC2)cc1.Cc1cc2c(-c3cnc(C4(N)CCC4)s3)ccnc2n1C.Cc1cc2c(Cl)ccnc2n1C.O=C1CCC1.[B].[B].[B]. The van der Waals surface area contributed by atoms with Crippen molar-refractivity contribution in [1.82, 2.24) is 64.5 Å². The van der Waals surface area contributed by atoms with Crippen LogP contribution >= 0.6 is 56.9 Å². The molecule has 20 nitrogen and oxygen atoms in total. The van der Waals surface area contributed by atoms with Crippen molar-refractivity contribution >= 4 is 127 Å². The lowest BCUT2D eigenvalue weighted by Gasteiger charge is -2.41. The minimum absolute atomic E-state index is 0. The number of Topliss-reactive ketones (excluding diaryl/α,β-unsaturated/α-hetero) is 1. The van der Waals surface area contributed by atoms with E-state index in [0.717, 1.165) is 126 Å². The number of halogens is 1. The van der Waals surface area contributed by atoms with Crippen LogP contribution in [0.1, 0.15) is 221 Å². The molecule has 20 rings (SSSR count). The monoisotopic (exact) mass is 1840 g/mol. The van der Waals surface area contributed by atoms with Gasteiger partial charge in [0.1, 0.15) is 65.8 Å². The van der Waals surface area contributed by atoms with Crippen LogP contribution in [0.3, 0.4) is 0 Å². The normalized spacial score (nSPS) is 14.9. The van der Waals surface area contributed by atoms with Gasteiger partial charge in [-0.2, -0.15) is 0 Å². The number of carbonyl (C=O) groups excluding carboxylic acids is 1. The zero-order valence-corrected chi connectivity index (χ0v) is 83.2. The van der Waals surface area contributed by atoms with E-state index in [-0.39, 0.29) is 47.4 Å². The minimum atomic E-state index is -0.179. The maximum absolute atomic E-state index is 9.90. The molecule has 0 bridgehead atoms. The number of carbonyl (C=O) groups is 1. The number of hydrogen-bond donors (Lipinski definition) is 4. The molecular formula is C102H130B3ClN15O5S4. The predicted molar refractivity (Wildman–Crippen MR) is 546 cm³/mol. The molecule has 4 aromatic carbocycles. The van der Waals surface area contributed by atoms with Crippen LogP contribution in [-0.4, -0.2) is 114 Å². The summed E-state index contributed by atoms with van der Waals surface area (Å²) in [4.78, 5) is 49.9. The van der Waals surface area contributed by atoms with Gasteiger partial charge in [0.15, 0.2) is 0 Å². The fraction of sp³-hybridized carbons (Fsp3) is 0.422. The predicted octanol–water partition coefficient (Wildman–Crippen LogP) is 23.5. The summed E-state index contributed by atoms with van der Waals surface area (Å²) in [5.41, 5.74) is 21.9. The highest BCUT2D eigenvalue weighted by Gasteiger charge is 2.43. The van der Waals surface area contributed by atoms with Crippen molar-refractivity contribution in [2.75, 3.05) is 28.4 Å². The Balaban J connectivity index is 0.000000191. The van der Waals surface area contributed by atoms with Gasteiger partial charge >= 0.3 is 0 Å². The van der Waals surface area contributed by atoms with Crippen LogP contribution < -0.4 is 40.6 Å². The van der Waals surface area contributed by atoms with Crippen LogP contribution in [0.25, 0.3) is 54.0 Å². The second kappa shape index (κ2) is 50.8. The lowest BCUT2D eigenvalue weighted by Crippen LogP contribution is -2.47. The molecule has 0 saturated heterocycles. The number of aliphatic imine (C=N–C) groups is 1. The largest absolute Gasteiger partial charge is 0.497 e. The lowest BCUT2D eigenvalue weighted by molar-refractivity contribution is -0.123. The van der Waals surface area contributed by atoms with Crippen molar-refractivity contribution in [2.24, 2.45) is 31.9 Å². The zero-order chi connectivity index (χ0) is 90.7. The molecule has 683 valence electrons. The van der Waals surface area contributed by atoms with Crippen molar-refractivity contribution in [3.05, 3.63) is 251 Å². The molecule has 0 unspecified atom stereocenters. The highest BCUT2D eigenvalue weighted by Crippen LogP contribution is 2.48. The lowest BCUT2D eigenvalue weighted by atomic mass is 9.77. The van der Waals surface area contributed by atoms with Gasteiger partial charge in [-0.3, -0.25) is 9.79 Å². The molecule has 0 spiro atoms. The topological polar surface area (TPSA) is 233 Å². The van der Waals surface area contributed by atoms with E-state index in [2.05, 4.69) is 173 Å². The van der Waals surface area contributed by atoms with E-state index in [4.69, 9.17) is 41.3 Å². The summed E-state index contributed by atoms with van der Waals surface area (Å²) in [6.07, 6.45) is 34.1. The number of fused-ring (bicyclic) bond motifs is 3. The number of ether oxygens (including phenoxy) is 4. The summed E-state index contributed by atoms with van der Waals surface area (Å²) in [6, 6.07) is 45.3. The molecule has 6 aliphatic rings. The maximum Gasteiger partial charge on any atom is 0.141 e. The van der Waals surface area contributed by atoms with Crippen molar-refractivity contribution < 1.29 is 23.7 Å². The van der Waals surface area contributed by atoms with Gasteiger partial charge in [-0.25, -0.2) is 34.9 Å². The van der Waals surface area contributed by atoms with E-state index in [9.17, 15) is 4.79 Å². The molecular weight excluding hydrogens is 1710 g/mol. The number of benzene rings is 4. The molecule has 0 amide bonds. The Morgan fingerprint density at radius 2 is 0.762 bits per heavy atom. The number of methoxy groups -OCH3 is 4. The van der Waals surface area contributed by atoms with Crippen molar-refractivity contribution in [3.63, 3.8) is 0 Å². The van der Waals surface area contributed by atoms with E-state index < -0.39 is 0 Å². The Kier molecular flexibility index (Phi) is 41.3. The number of nitrogens with one attached hydrogen (secondary N) is 3. The van der Waals surface area contributed by atoms with Gasteiger partial charge in [0, 0.05) is 183 Å². The van der Waals surface area contributed by atoms with E-state index in [1.165, 1.54) is 167 Å². The summed E-state index contributed by atoms with van der Waals surface area (Å²) in [5, 5.41) is 22.2. The highest BCUT2D eigenvalue weighted by atomic mass is 35.5. The first-order valence-electron chi connectivity index (χ1n) is 44.9. The number of rotatable bonds is 21. The number of thiazole rings is 4. The third kappa shape index (κ3) is 26.2. The molecule has 5 N–H and O–H groups in total. The average Bonchev–Trinajstić information content (AvgIpc) is 1.59. The number of pyridine rings is 3. The summed E-state index contributed by atoms with van der Waals surface area (Å²) in [5.74, 6) is 4.04. The van der Waals surface area contributed by atoms with Crippen molar-refractivity contribution in [3.8, 4) is 43.9 Å². The van der Waals surface area contributed by atoms with Crippen LogP contribution in [0.4, 0.5) is 0 Å². The van der Waals surface area contributed by atoms with Crippen LogP contribution in [0.5, 0.6) is 23.0 Å². The number of nitrogens with two attached hydrogens (primary N) is 1. The molecule has 0 aliphatic heterocycles. The van der Waals surface area contributed by atoms with Gasteiger partial charge in [-0.05, 0) is 238 Å². The summed E-state index contributed by atoms with van der Waals surface area (Å²) >= 11 is 13.1. The van der Waals surface area contributed by atoms with Crippen molar-refractivity contribution in [2.45, 2.75) is 233 Å². The third-order valence-electron chi connectivity index (χ3n) is 24.4. The Labute approximate surface area is 798 Å². The standard InChI is InChI=1S/C24H26N4OS.C16H18N4S.C16H20N2OS.C15H18N2OS.C12H15NO.C9H9ClN2.C4H6O.3C2H6.3B/c1-16-13-20-19(9-12-25-22(20)28(16)2)21-15-26-23(30-21)24(10-4-11-24)27-14-17-5-7-18(29-3)8-6-17;1-10-8-12-11(4-7-18-14(12)20(10)2)13-9-19-15(21-13)16(17)5-3-6-16;1-12-10-17-15(20-12)16(8-3-9-16)18-11-13-4-6-14(19-2)7-5-13;1-18-13-5-3-12(4-6-13)11-17-15(7-2-8-15)14-16-9-10-19-14;1-14-12-7-5-10(6-8-12)9-13-11-3-2-4-11;1-6-5-7-8(10)3-4-11-9(7)12(6)2;5-4-2-1-3-4;3*1-2;;;/h5-9,12-13,15,27H,4,10-11,14H2,1-3H3;4,7-9H,3,5-6,17H2,1-2H3;4-7,10,18H,3,8-9,11H2,1-2H3;3-6,9-10,17H,2,7-8,11H2,1H3;5-8H,2-4,9H2,1H3;3-5H,1-2H3;1-3H2;3*1-2H3;;;. The molecule has 6 aliphatic carbocycles.